The highest BCUT2D eigenvalue weighted by molar-refractivity contribution is 5.94. The van der Waals surface area contributed by atoms with Crippen molar-refractivity contribution in [1.82, 2.24) is 4.98 Å². The van der Waals surface area contributed by atoms with E-state index in [2.05, 4.69) is 9.88 Å². The molecule has 0 atom stereocenters. The molecule has 0 unspecified atom stereocenters. The van der Waals surface area contributed by atoms with Gasteiger partial charge in [-0.3, -0.25) is 0 Å². The van der Waals surface area contributed by atoms with Crippen molar-refractivity contribution in [3.05, 3.63) is 24.4 Å². The van der Waals surface area contributed by atoms with Gasteiger partial charge in [0.15, 0.2) is 11.5 Å². The fourth-order valence-corrected chi connectivity index (χ4v) is 2.29. The van der Waals surface area contributed by atoms with Gasteiger partial charge in [-0.1, -0.05) is 0 Å². The maximum absolute atomic E-state index is 5.56. The van der Waals surface area contributed by atoms with E-state index in [0.717, 1.165) is 41.1 Å². The molecule has 100 valence electrons. The van der Waals surface area contributed by atoms with Gasteiger partial charge in [0.1, 0.15) is 5.82 Å². The SMILES string of the molecule is CN(CCCN)c1nccc2cc3c(cc12)OCO3. The number of benzene rings is 1. The molecule has 0 radical (unpaired) electrons. The number of pyridine rings is 1. The minimum Gasteiger partial charge on any atom is -0.454 e. The van der Waals surface area contributed by atoms with Gasteiger partial charge in [-0.2, -0.15) is 0 Å². The van der Waals surface area contributed by atoms with Crippen LogP contribution in [-0.2, 0) is 0 Å². The predicted molar refractivity (Wildman–Crippen MR) is 74.8 cm³/mol. The van der Waals surface area contributed by atoms with Crippen LogP contribution in [0.4, 0.5) is 5.82 Å². The lowest BCUT2D eigenvalue weighted by Crippen LogP contribution is -2.22. The van der Waals surface area contributed by atoms with Crippen LogP contribution in [0.5, 0.6) is 11.5 Å². The van der Waals surface area contributed by atoms with Crippen molar-refractivity contribution < 1.29 is 9.47 Å². The average Bonchev–Trinajstić information content (AvgIpc) is 2.88. The zero-order valence-electron chi connectivity index (χ0n) is 10.9. The molecule has 0 fully saturated rings. The Labute approximate surface area is 111 Å². The average molecular weight is 259 g/mol. The van der Waals surface area contributed by atoms with Gasteiger partial charge in [-0.05, 0) is 36.6 Å². The molecule has 0 amide bonds. The van der Waals surface area contributed by atoms with Crippen molar-refractivity contribution in [3.63, 3.8) is 0 Å². The predicted octanol–water partition coefficient (Wildman–Crippen LogP) is 1.75. The van der Waals surface area contributed by atoms with E-state index >= 15 is 0 Å². The summed E-state index contributed by atoms with van der Waals surface area (Å²) in [4.78, 5) is 6.60. The highest BCUT2D eigenvalue weighted by atomic mass is 16.7. The van der Waals surface area contributed by atoms with Crippen LogP contribution in [-0.4, -0.2) is 31.9 Å². The number of hydrogen-bond donors (Lipinski definition) is 1. The van der Waals surface area contributed by atoms with Crippen molar-refractivity contribution in [2.45, 2.75) is 6.42 Å². The van der Waals surface area contributed by atoms with Gasteiger partial charge in [0.25, 0.3) is 0 Å². The standard InChI is InChI=1S/C14H17N3O2/c1-17(6-2-4-15)14-11-8-13-12(18-9-19-13)7-10(11)3-5-16-14/h3,5,7-8H,2,4,6,9,15H2,1H3. The number of fused-ring (bicyclic) bond motifs is 2. The van der Waals surface area contributed by atoms with Gasteiger partial charge in [0.2, 0.25) is 6.79 Å². The Hall–Kier alpha value is -2.01. The highest BCUT2D eigenvalue weighted by Crippen LogP contribution is 2.38. The summed E-state index contributed by atoms with van der Waals surface area (Å²) in [6, 6.07) is 5.98. The van der Waals surface area contributed by atoms with E-state index < -0.39 is 0 Å². The summed E-state index contributed by atoms with van der Waals surface area (Å²) in [6.45, 7) is 1.86. The van der Waals surface area contributed by atoms with Crippen LogP contribution in [0.3, 0.4) is 0 Å². The van der Waals surface area contributed by atoms with Gasteiger partial charge in [-0.15, -0.1) is 0 Å². The highest BCUT2D eigenvalue weighted by Gasteiger charge is 2.16. The Bertz CT molecular complexity index is 601. The summed E-state index contributed by atoms with van der Waals surface area (Å²) in [5.41, 5.74) is 5.56. The van der Waals surface area contributed by atoms with E-state index in [0.29, 0.717) is 6.54 Å². The minimum atomic E-state index is 0.289. The van der Waals surface area contributed by atoms with E-state index in [-0.39, 0.29) is 6.79 Å². The molecule has 0 saturated heterocycles. The lowest BCUT2D eigenvalue weighted by Gasteiger charge is -2.19. The van der Waals surface area contributed by atoms with Crippen LogP contribution in [0, 0.1) is 0 Å². The fourth-order valence-electron chi connectivity index (χ4n) is 2.29. The largest absolute Gasteiger partial charge is 0.454 e. The Balaban J connectivity index is 2.04. The second-order valence-electron chi connectivity index (χ2n) is 4.62. The van der Waals surface area contributed by atoms with Crippen LogP contribution in [0.1, 0.15) is 6.42 Å². The van der Waals surface area contributed by atoms with Crippen molar-refractivity contribution in [3.8, 4) is 11.5 Å². The van der Waals surface area contributed by atoms with Gasteiger partial charge < -0.3 is 20.1 Å². The molecule has 3 rings (SSSR count). The summed E-state index contributed by atoms with van der Waals surface area (Å²) in [6.07, 6.45) is 2.76. The molecule has 5 heteroatoms. The Morgan fingerprint density at radius 3 is 2.89 bits per heavy atom. The number of nitrogens with zero attached hydrogens (tertiary/aromatic N) is 2. The van der Waals surface area contributed by atoms with E-state index in [1.807, 2.05) is 31.4 Å². The third-order valence-electron chi connectivity index (χ3n) is 3.30. The van der Waals surface area contributed by atoms with Crippen molar-refractivity contribution in [2.24, 2.45) is 5.73 Å². The smallest absolute Gasteiger partial charge is 0.231 e. The minimum absolute atomic E-state index is 0.289. The zero-order valence-corrected chi connectivity index (χ0v) is 10.9. The van der Waals surface area contributed by atoms with Crippen LogP contribution >= 0.6 is 0 Å². The molecule has 1 aromatic heterocycles. The lowest BCUT2D eigenvalue weighted by molar-refractivity contribution is 0.174. The van der Waals surface area contributed by atoms with Crippen LogP contribution < -0.4 is 20.1 Å². The second-order valence-corrected chi connectivity index (χ2v) is 4.62. The first-order chi connectivity index (χ1) is 9.29. The second kappa shape index (κ2) is 4.93. The Morgan fingerprint density at radius 2 is 2.11 bits per heavy atom. The summed E-state index contributed by atoms with van der Waals surface area (Å²) >= 11 is 0. The van der Waals surface area contributed by atoms with E-state index in [9.17, 15) is 0 Å². The van der Waals surface area contributed by atoms with Crippen LogP contribution in [0.15, 0.2) is 24.4 Å². The van der Waals surface area contributed by atoms with Gasteiger partial charge in [0.05, 0.1) is 0 Å². The molecule has 2 aromatic rings. The molecule has 2 N–H and O–H groups in total. The van der Waals surface area contributed by atoms with Gasteiger partial charge in [-0.25, -0.2) is 4.98 Å². The van der Waals surface area contributed by atoms with Crippen molar-refractivity contribution in [2.75, 3.05) is 31.8 Å². The van der Waals surface area contributed by atoms with Crippen LogP contribution in [0.25, 0.3) is 10.8 Å². The Morgan fingerprint density at radius 1 is 1.32 bits per heavy atom. The van der Waals surface area contributed by atoms with Crippen molar-refractivity contribution >= 4 is 16.6 Å². The number of aromatic nitrogens is 1. The van der Waals surface area contributed by atoms with Gasteiger partial charge in [0, 0.05) is 25.2 Å². The van der Waals surface area contributed by atoms with E-state index in [4.69, 9.17) is 15.2 Å². The molecular formula is C14H17N3O2. The number of rotatable bonds is 4. The first-order valence-electron chi connectivity index (χ1n) is 6.39. The third kappa shape index (κ3) is 2.17. The summed E-state index contributed by atoms with van der Waals surface area (Å²) in [5, 5.41) is 2.18. The molecule has 0 saturated carbocycles. The molecular weight excluding hydrogens is 242 g/mol. The third-order valence-corrected chi connectivity index (χ3v) is 3.30. The van der Waals surface area contributed by atoms with Gasteiger partial charge >= 0.3 is 0 Å². The summed E-state index contributed by atoms with van der Waals surface area (Å²) in [7, 11) is 2.03. The van der Waals surface area contributed by atoms with Crippen LogP contribution in [0.2, 0.25) is 0 Å². The molecule has 1 aliphatic rings. The number of anilines is 1. The topological polar surface area (TPSA) is 60.6 Å². The van der Waals surface area contributed by atoms with Crippen molar-refractivity contribution in [1.29, 1.82) is 0 Å². The lowest BCUT2D eigenvalue weighted by atomic mass is 10.1. The van der Waals surface area contributed by atoms with E-state index in [1.54, 1.807) is 0 Å². The first-order valence-corrected chi connectivity index (χ1v) is 6.39. The quantitative estimate of drug-likeness (QED) is 0.906. The summed E-state index contributed by atoms with van der Waals surface area (Å²) < 4.78 is 10.8. The number of ether oxygens (including phenoxy) is 2. The van der Waals surface area contributed by atoms with E-state index in [1.165, 1.54) is 0 Å². The monoisotopic (exact) mass is 259 g/mol. The fraction of sp³-hybridized carbons (Fsp3) is 0.357. The maximum Gasteiger partial charge on any atom is 0.231 e. The molecule has 5 nitrogen and oxygen atoms in total. The molecule has 1 aromatic carbocycles. The molecule has 0 aliphatic carbocycles. The molecule has 19 heavy (non-hydrogen) atoms. The zero-order chi connectivity index (χ0) is 13.2. The molecule has 0 spiro atoms. The molecule has 1 aliphatic heterocycles. The number of hydrogen-bond acceptors (Lipinski definition) is 5. The summed E-state index contributed by atoms with van der Waals surface area (Å²) in [5.74, 6) is 2.53. The first kappa shape index (κ1) is 12.0. The molecule has 2 heterocycles. The molecule has 0 bridgehead atoms. The Kier molecular flexibility index (Phi) is 3.13. The normalized spacial score (nSPS) is 12.9. The maximum atomic E-state index is 5.56. The number of nitrogens with two attached hydrogens (primary N) is 1.